The summed E-state index contributed by atoms with van der Waals surface area (Å²) in [6.07, 6.45) is 2.18. The third-order valence-electron chi connectivity index (χ3n) is 2.80. The molecule has 88 valence electrons. The van der Waals surface area contributed by atoms with Gasteiger partial charge in [-0.15, -0.1) is 5.10 Å². The molecule has 1 aromatic rings. The molecule has 2 unspecified atom stereocenters. The van der Waals surface area contributed by atoms with Crippen molar-refractivity contribution in [2.75, 3.05) is 5.32 Å². The fourth-order valence-corrected chi connectivity index (χ4v) is 1.24. The number of amides is 1. The molecule has 2 rings (SSSR count). The van der Waals surface area contributed by atoms with Gasteiger partial charge in [0.25, 0.3) is 0 Å². The molecule has 0 bridgehead atoms. The SMILES string of the molecule is CC(N)C(C)C(=O)Nc1nnc(C2CC2)o1. The highest BCUT2D eigenvalue weighted by Crippen LogP contribution is 2.39. The van der Waals surface area contributed by atoms with Crippen LogP contribution in [0.5, 0.6) is 0 Å². The zero-order chi connectivity index (χ0) is 11.7. The minimum Gasteiger partial charge on any atom is -0.408 e. The second-order valence-electron chi connectivity index (χ2n) is 4.36. The summed E-state index contributed by atoms with van der Waals surface area (Å²) < 4.78 is 5.31. The van der Waals surface area contributed by atoms with Crippen molar-refractivity contribution in [3.63, 3.8) is 0 Å². The maximum atomic E-state index is 11.6. The molecule has 1 fully saturated rings. The highest BCUT2D eigenvalue weighted by molar-refractivity contribution is 5.90. The van der Waals surface area contributed by atoms with Crippen molar-refractivity contribution in [3.8, 4) is 0 Å². The number of nitrogens with one attached hydrogen (secondary N) is 1. The molecule has 1 saturated carbocycles. The molecule has 2 atom stereocenters. The van der Waals surface area contributed by atoms with E-state index in [1.54, 1.807) is 13.8 Å². The number of carbonyl (C=O) groups excluding carboxylic acids is 1. The first-order valence-electron chi connectivity index (χ1n) is 5.47. The number of rotatable bonds is 4. The summed E-state index contributed by atoms with van der Waals surface area (Å²) in [5.41, 5.74) is 5.63. The highest BCUT2D eigenvalue weighted by Gasteiger charge is 2.30. The van der Waals surface area contributed by atoms with Crippen molar-refractivity contribution in [2.24, 2.45) is 11.7 Å². The molecule has 6 nitrogen and oxygen atoms in total. The van der Waals surface area contributed by atoms with Crippen molar-refractivity contribution in [3.05, 3.63) is 5.89 Å². The van der Waals surface area contributed by atoms with Gasteiger partial charge in [0.1, 0.15) is 0 Å². The van der Waals surface area contributed by atoms with E-state index < -0.39 is 0 Å². The minimum atomic E-state index is -0.281. The highest BCUT2D eigenvalue weighted by atomic mass is 16.4. The minimum absolute atomic E-state index is 0.166. The van der Waals surface area contributed by atoms with Gasteiger partial charge in [-0.1, -0.05) is 12.0 Å². The Labute approximate surface area is 93.6 Å². The summed E-state index contributed by atoms with van der Waals surface area (Å²) in [5.74, 6) is 0.532. The van der Waals surface area contributed by atoms with Crippen LogP contribution >= 0.6 is 0 Å². The van der Waals surface area contributed by atoms with Crippen molar-refractivity contribution in [1.82, 2.24) is 10.2 Å². The zero-order valence-corrected chi connectivity index (χ0v) is 9.43. The second kappa shape index (κ2) is 4.21. The molecule has 1 amide bonds. The van der Waals surface area contributed by atoms with Crippen LogP contribution in [-0.2, 0) is 4.79 Å². The topological polar surface area (TPSA) is 94.0 Å². The smallest absolute Gasteiger partial charge is 0.322 e. The van der Waals surface area contributed by atoms with E-state index >= 15 is 0 Å². The standard InChI is InChI=1S/C10H16N4O2/c1-5(6(2)11)8(15)12-10-14-13-9(16-10)7-3-4-7/h5-7H,3-4,11H2,1-2H3,(H,12,14,15). The molecule has 0 spiro atoms. The average Bonchev–Trinajstić information content (AvgIpc) is 2.99. The molecule has 0 radical (unpaired) electrons. The summed E-state index contributed by atoms with van der Waals surface area (Å²) >= 11 is 0. The average molecular weight is 224 g/mol. The molecule has 0 saturated heterocycles. The number of anilines is 1. The molecule has 0 aromatic carbocycles. The Hall–Kier alpha value is -1.43. The van der Waals surface area contributed by atoms with E-state index in [1.165, 1.54) is 0 Å². The summed E-state index contributed by atoms with van der Waals surface area (Å²) in [7, 11) is 0. The quantitative estimate of drug-likeness (QED) is 0.791. The van der Waals surface area contributed by atoms with E-state index in [1.807, 2.05) is 0 Å². The van der Waals surface area contributed by atoms with Crippen LogP contribution in [0.15, 0.2) is 4.42 Å². The Morgan fingerprint density at radius 2 is 2.19 bits per heavy atom. The number of hydrogen-bond donors (Lipinski definition) is 2. The van der Waals surface area contributed by atoms with Crippen LogP contribution in [0.25, 0.3) is 0 Å². The molecule has 16 heavy (non-hydrogen) atoms. The summed E-state index contributed by atoms with van der Waals surface area (Å²) in [6.45, 7) is 3.55. The molecule has 1 aliphatic rings. The maximum absolute atomic E-state index is 11.6. The number of aromatic nitrogens is 2. The van der Waals surface area contributed by atoms with E-state index in [0.29, 0.717) is 11.8 Å². The summed E-state index contributed by atoms with van der Waals surface area (Å²) in [5, 5.41) is 10.2. The third kappa shape index (κ3) is 2.38. The van der Waals surface area contributed by atoms with Gasteiger partial charge in [0.05, 0.1) is 5.92 Å². The van der Waals surface area contributed by atoms with Crippen molar-refractivity contribution >= 4 is 11.9 Å². The Morgan fingerprint density at radius 1 is 1.50 bits per heavy atom. The summed E-state index contributed by atoms with van der Waals surface area (Å²) in [6, 6.07) is -0.0368. The molecular formula is C10H16N4O2. The number of hydrogen-bond acceptors (Lipinski definition) is 5. The molecule has 0 aliphatic heterocycles. The van der Waals surface area contributed by atoms with Crippen LogP contribution in [0.4, 0.5) is 6.01 Å². The lowest BCUT2D eigenvalue weighted by atomic mass is 10.0. The molecule has 6 heteroatoms. The van der Waals surface area contributed by atoms with Crippen molar-refractivity contribution in [2.45, 2.75) is 38.6 Å². The lowest BCUT2D eigenvalue weighted by molar-refractivity contribution is -0.119. The van der Waals surface area contributed by atoms with Crippen LogP contribution in [0.3, 0.4) is 0 Å². The van der Waals surface area contributed by atoms with E-state index in [9.17, 15) is 4.79 Å². The Bertz CT molecular complexity index is 384. The largest absolute Gasteiger partial charge is 0.408 e. The van der Waals surface area contributed by atoms with E-state index in [-0.39, 0.29) is 23.9 Å². The first kappa shape index (κ1) is 11.1. The van der Waals surface area contributed by atoms with Crippen LogP contribution in [0.2, 0.25) is 0 Å². The predicted octanol–water partition coefficient (Wildman–Crippen LogP) is 0.869. The van der Waals surface area contributed by atoms with Crippen LogP contribution in [0, 0.1) is 5.92 Å². The van der Waals surface area contributed by atoms with Gasteiger partial charge in [0, 0.05) is 12.0 Å². The number of carbonyl (C=O) groups is 1. The zero-order valence-electron chi connectivity index (χ0n) is 9.43. The van der Waals surface area contributed by atoms with Crippen molar-refractivity contribution < 1.29 is 9.21 Å². The van der Waals surface area contributed by atoms with Gasteiger partial charge >= 0.3 is 6.01 Å². The molecular weight excluding hydrogens is 208 g/mol. The second-order valence-corrected chi connectivity index (χ2v) is 4.36. The first-order chi connectivity index (χ1) is 7.58. The molecule has 1 heterocycles. The Kier molecular flexibility index (Phi) is 2.91. The van der Waals surface area contributed by atoms with Gasteiger partial charge in [-0.05, 0) is 19.8 Å². The predicted molar refractivity (Wildman–Crippen MR) is 57.7 cm³/mol. The van der Waals surface area contributed by atoms with Gasteiger partial charge in [-0.2, -0.15) is 0 Å². The number of nitrogens with two attached hydrogens (primary N) is 1. The van der Waals surface area contributed by atoms with Gasteiger partial charge in [-0.25, -0.2) is 0 Å². The Balaban J connectivity index is 1.94. The van der Waals surface area contributed by atoms with Crippen LogP contribution in [-0.4, -0.2) is 22.1 Å². The number of nitrogens with zero attached hydrogens (tertiary/aromatic N) is 2. The van der Waals surface area contributed by atoms with Crippen LogP contribution < -0.4 is 11.1 Å². The lowest BCUT2D eigenvalue weighted by Crippen LogP contribution is -2.34. The lowest BCUT2D eigenvalue weighted by Gasteiger charge is -2.12. The van der Waals surface area contributed by atoms with Gasteiger partial charge in [0.2, 0.25) is 11.8 Å². The third-order valence-corrected chi connectivity index (χ3v) is 2.80. The molecule has 3 N–H and O–H groups in total. The van der Waals surface area contributed by atoms with Gasteiger partial charge in [0.15, 0.2) is 0 Å². The molecule has 1 aliphatic carbocycles. The van der Waals surface area contributed by atoms with E-state index in [4.69, 9.17) is 10.2 Å². The van der Waals surface area contributed by atoms with Gasteiger partial charge < -0.3 is 10.2 Å². The maximum Gasteiger partial charge on any atom is 0.322 e. The van der Waals surface area contributed by atoms with E-state index in [2.05, 4.69) is 15.5 Å². The van der Waals surface area contributed by atoms with Crippen LogP contribution in [0.1, 0.15) is 38.5 Å². The van der Waals surface area contributed by atoms with Gasteiger partial charge in [-0.3, -0.25) is 10.1 Å². The Morgan fingerprint density at radius 3 is 2.75 bits per heavy atom. The van der Waals surface area contributed by atoms with Crippen molar-refractivity contribution in [1.29, 1.82) is 0 Å². The monoisotopic (exact) mass is 224 g/mol. The summed E-state index contributed by atoms with van der Waals surface area (Å²) in [4.78, 5) is 11.6. The fourth-order valence-electron chi connectivity index (χ4n) is 1.24. The fraction of sp³-hybridized carbons (Fsp3) is 0.700. The van der Waals surface area contributed by atoms with E-state index in [0.717, 1.165) is 12.8 Å². The normalized spacial score (nSPS) is 19.2. The first-order valence-corrected chi connectivity index (χ1v) is 5.47. The molecule has 1 aromatic heterocycles.